The third kappa shape index (κ3) is 4.11. The zero-order chi connectivity index (χ0) is 16.8. The zero-order valence-corrected chi connectivity index (χ0v) is 13.7. The van der Waals surface area contributed by atoms with E-state index >= 15 is 0 Å². The van der Waals surface area contributed by atoms with E-state index in [0.717, 1.165) is 25.1 Å². The van der Waals surface area contributed by atoms with Crippen LogP contribution in [0.15, 0.2) is 47.3 Å². The van der Waals surface area contributed by atoms with Gasteiger partial charge in [0.25, 0.3) is 11.5 Å². The second-order valence-corrected chi connectivity index (χ2v) is 6.24. The Bertz CT molecular complexity index is 734. The van der Waals surface area contributed by atoms with E-state index in [9.17, 15) is 9.59 Å². The third-order valence-corrected chi connectivity index (χ3v) is 4.48. The Balaban J connectivity index is 1.59. The average Bonchev–Trinajstić information content (AvgIpc) is 2.63. The summed E-state index contributed by atoms with van der Waals surface area (Å²) in [5.74, 6) is 0.303. The van der Waals surface area contributed by atoms with E-state index in [0.29, 0.717) is 18.2 Å². The van der Waals surface area contributed by atoms with Gasteiger partial charge in [-0.1, -0.05) is 30.3 Å². The molecule has 1 amide bonds. The first-order valence-corrected chi connectivity index (χ1v) is 8.52. The topological polar surface area (TPSA) is 74.0 Å². The number of amides is 1. The van der Waals surface area contributed by atoms with Crippen molar-refractivity contribution in [1.82, 2.24) is 15.6 Å². The van der Waals surface area contributed by atoms with Gasteiger partial charge >= 0.3 is 0 Å². The van der Waals surface area contributed by atoms with Crippen molar-refractivity contribution in [1.29, 1.82) is 0 Å². The van der Waals surface area contributed by atoms with E-state index in [1.165, 1.54) is 12.8 Å². The number of H-pyrrole nitrogens is 1. The molecule has 1 unspecified atom stereocenters. The number of aromatic nitrogens is 1. The highest BCUT2D eigenvalue weighted by molar-refractivity contribution is 5.94. The number of benzene rings is 1. The Morgan fingerprint density at radius 1 is 1.17 bits per heavy atom. The van der Waals surface area contributed by atoms with Crippen molar-refractivity contribution in [3.63, 3.8) is 0 Å². The quantitative estimate of drug-likeness (QED) is 0.789. The highest BCUT2D eigenvalue weighted by Gasteiger charge is 2.14. The third-order valence-electron chi connectivity index (χ3n) is 4.48. The number of pyridine rings is 1. The lowest BCUT2D eigenvalue weighted by Crippen LogP contribution is -2.34. The smallest absolute Gasteiger partial charge is 0.261 e. The number of hydrogen-bond donors (Lipinski definition) is 3. The first-order valence-electron chi connectivity index (χ1n) is 8.52. The molecule has 2 heterocycles. The first kappa shape index (κ1) is 16.5. The Labute approximate surface area is 141 Å². The standard InChI is InChI=1S/C19H23N3O2/c23-18(21-12-10-14-5-4-11-20-13-14)16-8-9-17(22-19(16)24)15-6-2-1-3-7-15/h1-3,6-9,14,20H,4-5,10-13H2,(H,21,23)(H,22,24). The minimum atomic E-state index is -0.354. The van der Waals surface area contributed by atoms with Crippen molar-refractivity contribution in [2.75, 3.05) is 19.6 Å². The molecule has 1 aromatic heterocycles. The molecule has 3 N–H and O–H groups in total. The fourth-order valence-electron chi connectivity index (χ4n) is 3.09. The van der Waals surface area contributed by atoms with E-state index in [1.54, 1.807) is 12.1 Å². The molecule has 3 rings (SSSR count). The molecule has 24 heavy (non-hydrogen) atoms. The summed E-state index contributed by atoms with van der Waals surface area (Å²) in [5, 5.41) is 6.23. The predicted molar refractivity (Wildman–Crippen MR) is 95.0 cm³/mol. The molecule has 0 aliphatic carbocycles. The van der Waals surface area contributed by atoms with Crippen LogP contribution in [0.1, 0.15) is 29.6 Å². The molecule has 1 aromatic carbocycles. The van der Waals surface area contributed by atoms with Gasteiger partial charge < -0.3 is 15.6 Å². The van der Waals surface area contributed by atoms with Crippen LogP contribution in [0.4, 0.5) is 0 Å². The van der Waals surface area contributed by atoms with Crippen LogP contribution in [0.2, 0.25) is 0 Å². The highest BCUT2D eigenvalue weighted by Crippen LogP contribution is 2.15. The largest absolute Gasteiger partial charge is 0.352 e. The molecule has 1 aliphatic heterocycles. The number of piperidine rings is 1. The van der Waals surface area contributed by atoms with Gasteiger partial charge in [0.2, 0.25) is 0 Å². The summed E-state index contributed by atoms with van der Waals surface area (Å²) in [6.07, 6.45) is 3.34. The summed E-state index contributed by atoms with van der Waals surface area (Å²) in [4.78, 5) is 27.2. The number of hydrogen-bond acceptors (Lipinski definition) is 3. The first-order chi connectivity index (χ1) is 11.7. The number of nitrogens with one attached hydrogen (secondary N) is 3. The molecule has 1 fully saturated rings. The minimum Gasteiger partial charge on any atom is -0.352 e. The minimum absolute atomic E-state index is 0.163. The summed E-state index contributed by atoms with van der Waals surface area (Å²) in [6, 6.07) is 13.0. The molecule has 5 heteroatoms. The lowest BCUT2D eigenvalue weighted by molar-refractivity contribution is 0.0949. The van der Waals surface area contributed by atoms with E-state index in [4.69, 9.17) is 0 Å². The predicted octanol–water partition coefficient (Wildman–Crippen LogP) is 2.16. The molecule has 5 nitrogen and oxygen atoms in total. The van der Waals surface area contributed by atoms with E-state index in [-0.39, 0.29) is 17.0 Å². The van der Waals surface area contributed by atoms with Gasteiger partial charge in [-0.05, 0) is 56.0 Å². The maximum absolute atomic E-state index is 12.2. The van der Waals surface area contributed by atoms with Gasteiger partial charge in [-0.15, -0.1) is 0 Å². The Morgan fingerprint density at radius 3 is 2.71 bits per heavy atom. The summed E-state index contributed by atoms with van der Waals surface area (Å²) < 4.78 is 0. The molecule has 0 spiro atoms. The molecule has 126 valence electrons. The van der Waals surface area contributed by atoms with Gasteiger partial charge in [-0.3, -0.25) is 9.59 Å². The van der Waals surface area contributed by atoms with Crippen molar-refractivity contribution in [3.8, 4) is 11.3 Å². The highest BCUT2D eigenvalue weighted by atomic mass is 16.2. The lowest BCUT2D eigenvalue weighted by atomic mass is 9.96. The molecular formula is C19H23N3O2. The van der Waals surface area contributed by atoms with Gasteiger partial charge in [0.1, 0.15) is 5.56 Å². The lowest BCUT2D eigenvalue weighted by Gasteiger charge is -2.22. The summed E-state index contributed by atoms with van der Waals surface area (Å²) in [7, 11) is 0. The maximum atomic E-state index is 12.2. The number of rotatable bonds is 5. The second-order valence-electron chi connectivity index (χ2n) is 6.24. The number of carbonyl (C=O) groups is 1. The zero-order valence-electron chi connectivity index (χ0n) is 13.7. The van der Waals surface area contributed by atoms with Crippen LogP contribution in [0.5, 0.6) is 0 Å². The molecule has 1 atom stereocenters. The van der Waals surface area contributed by atoms with Gasteiger partial charge in [-0.25, -0.2) is 0 Å². The van der Waals surface area contributed by atoms with Crippen LogP contribution in [0.3, 0.4) is 0 Å². The fraction of sp³-hybridized carbons (Fsp3) is 0.368. The van der Waals surface area contributed by atoms with Crippen LogP contribution < -0.4 is 16.2 Å². The van der Waals surface area contributed by atoms with Gasteiger partial charge in [0.05, 0.1) is 0 Å². The molecule has 1 saturated heterocycles. The monoisotopic (exact) mass is 325 g/mol. The van der Waals surface area contributed by atoms with Crippen molar-refractivity contribution >= 4 is 5.91 Å². The molecular weight excluding hydrogens is 302 g/mol. The number of carbonyl (C=O) groups excluding carboxylic acids is 1. The van der Waals surface area contributed by atoms with Crippen LogP contribution >= 0.6 is 0 Å². The summed E-state index contributed by atoms with van der Waals surface area (Å²) in [5.41, 5.74) is 1.45. The van der Waals surface area contributed by atoms with Crippen LogP contribution in [-0.4, -0.2) is 30.5 Å². The van der Waals surface area contributed by atoms with Gasteiger partial charge in [0, 0.05) is 12.2 Å². The van der Waals surface area contributed by atoms with Crippen molar-refractivity contribution in [3.05, 3.63) is 58.4 Å². The molecule has 2 aromatic rings. The van der Waals surface area contributed by atoms with E-state index in [1.807, 2.05) is 30.3 Å². The van der Waals surface area contributed by atoms with Crippen molar-refractivity contribution in [2.24, 2.45) is 5.92 Å². The van der Waals surface area contributed by atoms with Gasteiger partial charge in [0.15, 0.2) is 0 Å². The second kappa shape index (κ2) is 7.93. The van der Waals surface area contributed by atoms with Crippen LogP contribution in [-0.2, 0) is 0 Å². The Kier molecular flexibility index (Phi) is 5.43. The number of aromatic amines is 1. The maximum Gasteiger partial charge on any atom is 0.261 e. The SMILES string of the molecule is O=C(NCCC1CCCNC1)c1ccc(-c2ccccc2)[nH]c1=O. The van der Waals surface area contributed by atoms with E-state index < -0.39 is 0 Å². The normalized spacial score (nSPS) is 17.4. The molecule has 0 saturated carbocycles. The summed E-state index contributed by atoms with van der Waals surface area (Å²) >= 11 is 0. The molecule has 1 aliphatic rings. The van der Waals surface area contributed by atoms with E-state index in [2.05, 4.69) is 15.6 Å². The fourth-order valence-corrected chi connectivity index (χ4v) is 3.09. The molecule has 0 radical (unpaired) electrons. The Morgan fingerprint density at radius 2 is 2.00 bits per heavy atom. The summed E-state index contributed by atoms with van der Waals surface area (Å²) in [6.45, 7) is 2.71. The molecule has 0 bridgehead atoms. The Hall–Kier alpha value is -2.40. The van der Waals surface area contributed by atoms with Crippen LogP contribution in [0, 0.1) is 5.92 Å². The average molecular weight is 325 g/mol. The van der Waals surface area contributed by atoms with Crippen molar-refractivity contribution < 1.29 is 4.79 Å². The van der Waals surface area contributed by atoms with Crippen LogP contribution in [0.25, 0.3) is 11.3 Å². The van der Waals surface area contributed by atoms with Gasteiger partial charge in [-0.2, -0.15) is 0 Å². The van der Waals surface area contributed by atoms with Crippen molar-refractivity contribution in [2.45, 2.75) is 19.3 Å².